The molecule has 0 spiro atoms. The van der Waals surface area contributed by atoms with Gasteiger partial charge in [0.1, 0.15) is 12.7 Å². The number of nitrogens with one attached hydrogen (secondary N) is 2. The number of hydrogen-bond acceptors (Lipinski definition) is 7. The minimum atomic E-state index is -0.203. The van der Waals surface area contributed by atoms with Gasteiger partial charge in [0.2, 0.25) is 5.95 Å². The van der Waals surface area contributed by atoms with E-state index < -0.39 is 0 Å². The smallest absolute Gasteiger partial charge is 0.324 e. The SMILES string of the molecule is C=CCOc1nc(NC(C)(C)CC(C)(C)C)nc(OC2CC(C)(C)NC(C)(C)C2)n1. The molecule has 0 saturated carbocycles. The van der Waals surface area contributed by atoms with Gasteiger partial charge < -0.3 is 20.1 Å². The molecular formula is C23H41N5O2. The van der Waals surface area contributed by atoms with E-state index in [9.17, 15) is 0 Å². The van der Waals surface area contributed by atoms with Gasteiger partial charge in [-0.2, -0.15) is 9.97 Å². The zero-order valence-corrected chi connectivity index (χ0v) is 20.3. The topological polar surface area (TPSA) is 81.2 Å². The molecule has 2 N–H and O–H groups in total. The maximum absolute atomic E-state index is 6.26. The average molecular weight is 420 g/mol. The van der Waals surface area contributed by atoms with Gasteiger partial charge in [-0.15, -0.1) is 4.98 Å². The van der Waals surface area contributed by atoms with E-state index in [0.29, 0.717) is 12.6 Å². The van der Waals surface area contributed by atoms with Crippen LogP contribution in [0.3, 0.4) is 0 Å². The molecule has 0 aliphatic carbocycles. The molecular weight excluding hydrogens is 378 g/mol. The third kappa shape index (κ3) is 8.09. The first-order chi connectivity index (χ1) is 13.6. The summed E-state index contributed by atoms with van der Waals surface area (Å²) in [6.45, 7) is 23.7. The highest BCUT2D eigenvalue weighted by atomic mass is 16.5. The Bertz CT molecular complexity index is 722. The van der Waals surface area contributed by atoms with Gasteiger partial charge in [0.05, 0.1) is 0 Å². The minimum Gasteiger partial charge on any atom is -0.460 e. The Kier molecular flexibility index (Phi) is 7.06. The fraction of sp³-hybridized carbons (Fsp3) is 0.783. The Balaban J connectivity index is 2.26. The summed E-state index contributed by atoms with van der Waals surface area (Å²) in [5, 5.41) is 7.11. The largest absolute Gasteiger partial charge is 0.460 e. The van der Waals surface area contributed by atoms with Crippen LogP contribution in [-0.2, 0) is 0 Å². The lowest BCUT2D eigenvalue weighted by atomic mass is 9.81. The molecule has 0 unspecified atom stereocenters. The van der Waals surface area contributed by atoms with Gasteiger partial charge >= 0.3 is 12.0 Å². The summed E-state index contributed by atoms with van der Waals surface area (Å²) in [7, 11) is 0. The van der Waals surface area contributed by atoms with Crippen molar-refractivity contribution in [2.24, 2.45) is 5.41 Å². The molecule has 1 fully saturated rings. The van der Waals surface area contributed by atoms with E-state index in [1.165, 1.54) is 0 Å². The zero-order chi connectivity index (χ0) is 22.8. The van der Waals surface area contributed by atoms with Crippen LogP contribution in [0.1, 0.15) is 81.6 Å². The standard InChI is InChI=1S/C23H41N5O2/c1-11-12-29-18-24-17(27-23(9,10)15-20(2,3)4)25-19(26-18)30-16-13-21(5,6)28-22(7,8)14-16/h11,16,28H,1,12-15H2,2-10H3,(H,24,25,26,27). The van der Waals surface area contributed by atoms with Crippen LogP contribution < -0.4 is 20.1 Å². The second kappa shape index (κ2) is 8.69. The molecule has 1 saturated heterocycles. The van der Waals surface area contributed by atoms with Crippen molar-refractivity contribution in [1.82, 2.24) is 20.3 Å². The van der Waals surface area contributed by atoms with E-state index in [4.69, 9.17) is 9.47 Å². The van der Waals surface area contributed by atoms with Crippen LogP contribution in [0.4, 0.5) is 5.95 Å². The lowest BCUT2D eigenvalue weighted by Crippen LogP contribution is -2.60. The second-order valence-electron chi connectivity index (χ2n) is 11.6. The average Bonchev–Trinajstić information content (AvgIpc) is 2.46. The van der Waals surface area contributed by atoms with E-state index in [1.807, 2.05) is 0 Å². The molecule has 7 nitrogen and oxygen atoms in total. The highest BCUT2D eigenvalue weighted by Crippen LogP contribution is 2.32. The molecule has 1 aromatic rings. The number of hydrogen-bond donors (Lipinski definition) is 2. The van der Waals surface area contributed by atoms with Crippen molar-refractivity contribution in [2.45, 2.75) is 104 Å². The molecule has 0 amide bonds. The maximum atomic E-state index is 6.26. The van der Waals surface area contributed by atoms with Gasteiger partial charge in [-0.25, -0.2) is 0 Å². The van der Waals surface area contributed by atoms with Crippen LogP contribution in [0.5, 0.6) is 12.0 Å². The third-order valence-corrected chi connectivity index (χ3v) is 4.77. The van der Waals surface area contributed by atoms with Crippen LogP contribution in [0, 0.1) is 5.41 Å². The third-order valence-electron chi connectivity index (χ3n) is 4.77. The zero-order valence-electron chi connectivity index (χ0n) is 20.3. The highest BCUT2D eigenvalue weighted by molar-refractivity contribution is 5.31. The molecule has 2 heterocycles. The number of aromatic nitrogens is 3. The first-order valence-electron chi connectivity index (χ1n) is 10.8. The molecule has 0 atom stereocenters. The molecule has 1 aliphatic heterocycles. The Morgan fingerprint density at radius 2 is 1.60 bits per heavy atom. The maximum Gasteiger partial charge on any atom is 0.324 e. The molecule has 0 aromatic carbocycles. The molecule has 1 aliphatic rings. The number of piperidine rings is 1. The summed E-state index contributed by atoms with van der Waals surface area (Å²) < 4.78 is 11.9. The first kappa shape index (κ1) is 24.4. The number of nitrogens with zero attached hydrogens (tertiary/aromatic N) is 3. The lowest BCUT2D eigenvalue weighted by molar-refractivity contribution is 0.0492. The summed E-state index contributed by atoms with van der Waals surface area (Å²) in [6.07, 6.45) is 4.34. The fourth-order valence-electron chi connectivity index (χ4n) is 4.78. The van der Waals surface area contributed by atoms with E-state index in [0.717, 1.165) is 19.3 Å². The molecule has 7 heteroatoms. The Morgan fingerprint density at radius 1 is 1.03 bits per heavy atom. The van der Waals surface area contributed by atoms with Gasteiger partial charge in [0, 0.05) is 29.5 Å². The van der Waals surface area contributed by atoms with E-state index in [-0.39, 0.29) is 40.2 Å². The summed E-state index contributed by atoms with van der Waals surface area (Å²) >= 11 is 0. The van der Waals surface area contributed by atoms with Gasteiger partial charge in [0.15, 0.2) is 0 Å². The van der Waals surface area contributed by atoms with E-state index >= 15 is 0 Å². The summed E-state index contributed by atoms with van der Waals surface area (Å²) in [5.74, 6) is 0.459. The summed E-state index contributed by atoms with van der Waals surface area (Å²) in [5.41, 5.74) is -0.0998. The minimum absolute atomic E-state index is 0.00124. The molecule has 2 rings (SSSR count). The predicted octanol–water partition coefficient (Wildman–Crippen LogP) is 4.75. The number of anilines is 1. The van der Waals surface area contributed by atoms with Crippen molar-refractivity contribution in [3.8, 4) is 12.0 Å². The van der Waals surface area contributed by atoms with Crippen molar-refractivity contribution in [1.29, 1.82) is 0 Å². The first-order valence-corrected chi connectivity index (χ1v) is 10.8. The Hall–Kier alpha value is -1.89. The molecule has 30 heavy (non-hydrogen) atoms. The van der Waals surface area contributed by atoms with Gasteiger partial charge in [-0.05, 0) is 53.4 Å². The van der Waals surface area contributed by atoms with Crippen LogP contribution in [0.25, 0.3) is 0 Å². The van der Waals surface area contributed by atoms with Crippen molar-refractivity contribution in [2.75, 3.05) is 11.9 Å². The molecule has 1 aromatic heterocycles. The monoisotopic (exact) mass is 419 g/mol. The number of rotatable bonds is 8. The summed E-state index contributed by atoms with van der Waals surface area (Å²) in [6, 6.07) is 0.526. The fourth-order valence-corrected chi connectivity index (χ4v) is 4.78. The van der Waals surface area contributed by atoms with Crippen molar-refractivity contribution in [3.05, 3.63) is 12.7 Å². The van der Waals surface area contributed by atoms with Crippen molar-refractivity contribution >= 4 is 5.95 Å². The van der Waals surface area contributed by atoms with Crippen LogP contribution in [0.15, 0.2) is 12.7 Å². The predicted molar refractivity (Wildman–Crippen MR) is 122 cm³/mol. The van der Waals surface area contributed by atoms with Crippen LogP contribution >= 0.6 is 0 Å². The van der Waals surface area contributed by atoms with Crippen LogP contribution in [0.2, 0.25) is 0 Å². The molecule has 170 valence electrons. The quantitative estimate of drug-likeness (QED) is 0.588. The second-order valence-corrected chi connectivity index (χ2v) is 11.6. The van der Waals surface area contributed by atoms with Gasteiger partial charge in [0.25, 0.3) is 0 Å². The van der Waals surface area contributed by atoms with Crippen LogP contribution in [-0.4, -0.2) is 44.3 Å². The van der Waals surface area contributed by atoms with E-state index in [2.05, 4.69) is 94.5 Å². The van der Waals surface area contributed by atoms with Crippen molar-refractivity contribution in [3.63, 3.8) is 0 Å². The van der Waals surface area contributed by atoms with E-state index in [1.54, 1.807) is 6.08 Å². The normalized spacial score (nSPS) is 19.2. The van der Waals surface area contributed by atoms with Gasteiger partial charge in [-0.3, -0.25) is 0 Å². The van der Waals surface area contributed by atoms with Crippen molar-refractivity contribution < 1.29 is 9.47 Å². The molecule has 0 radical (unpaired) electrons. The number of ether oxygens (including phenoxy) is 2. The Labute approximate surface area is 182 Å². The highest BCUT2D eigenvalue weighted by Gasteiger charge is 2.39. The van der Waals surface area contributed by atoms with Gasteiger partial charge in [-0.1, -0.05) is 33.4 Å². The summed E-state index contributed by atoms with van der Waals surface area (Å²) in [4.78, 5) is 13.4. The lowest BCUT2D eigenvalue weighted by Gasteiger charge is -2.45. The molecule has 0 bridgehead atoms. The Morgan fingerprint density at radius 3 is 2.13 bits per heavy atom.